The fourth-order valence-electron chi connectivity index (χ4n) is 1.88. The molecule has 1 unspecified atom stereocenters. The second-order valence-electron chi connectivity index (χ2n) is 4.24. The van der Waals surface area contributed by atoms with E-state index >= 15 is 0 Å². The summed E-state index contributed by atoms with van der Waals surface area (Å²) in [7, 11) is 0. The first-order valence-corrected chi connectivity index (χ1v) is 6.58. The average molecular weight is 369 g/mol. The summed E-state index contributed by atoms with van der Waals surface area (Å²) < 4.78 is 78.5. The Morgan fingerprint density at radius 3 is 2.00 bits per heavy atom. The fourth-order valence-corrected chi connectivity index (χ4v) is 2.63. The van der Waals surface area contributed by atoms with Gasteiger partial charge < -0.3 is 0 Å². The maximum atomic E-state index is 13.7. The molecule has 0 heterocycles. The van der Waals surface area contributed by atoms with Crippen molar-refractivity contribution < 1.29 is 26.3 Å². The molecule has 0 bridgehead atoms. The summed E-state index contributed by atoms with van der Waals surface area (Å²) >= 11 is 2.92. The Morgan fingerprint density at radius 2 is 1.38 bits per heavy atom. The summed E-state index contributed by atoms with van der Waals surface area (Å²) in [5.74, 6) is -3.87. The van der Waals surface area contributed by atoms with Crippen LogP contribution in [0.4, 0.5) is 26.3 Å². The molecule has 0 saturated heterocycles. The van der Waals surface area contributed by atoms with Gasteiger partial charge in [-0.3, -0.25) is 0 Å². The lowest BCUT2D eigenvalue weighted by Crippen LogP contribution is -2.11. The van der Waals surface area contributed by atoms with Crippen molar-refractivity contribution in [3.63, 3.8) is 0 Å². The van der Waals surface area contributed by atoms with E-state index in [0.29, 0.717) is 12.1 Å². The van der Waals surface area contributed by atoms with E-state index in [1.807, 2.05) is 0 Å². The number of rotatable bonds is 2. The van der Waals surface area contributed by atoms with Crippen LogP contribution in [0.25, 0.3) is 0 Å². The summed E-state index contributed by atoms with van der Waals surface area (Å²) in [5.41, 5.74) is -1.67. The third-order valence-corrected chi connectivity index (χ3v) is 3.84. The Balaban J connectivity index is 2.56. The number of hydrogen-bond donors (Lipinski definition) is 0. The molecule has 0 nitrogen and oxygen atoms in total. The second-order valence-corrected chi connectivity index (χ2v) is 5.15. The summed E-state index contributed by atoms with van der Waals surface area (Å²) in [6.07, 6.45) is -4.64. The maximum absolute atomic E-state index is 13.7. The molecule has 0 amide bonds. The van der Waals surface area contributed by atoms with Gasteiger partial charge in [0.25, 0.3) is 0 Å². The topological polar surface area (TPSA) is 0 Å². The first kappa shape index (κ1) is 15.9. The predicted octanol–water partition coefficient (Wildman–Crippen LogP) is 5.61. The molecule has 0 aliphatic heterocycles. The van der Waals surface area contributed by atoms with Gasteiger partial charge in [0.05, 0.1) is 10.4 Å². The van der Waals surface area contributed by atoms with E-state index in [1.54, 1.807) is 0 Å². The second kappa shape index (κ2) is 5.71. The highest BCUT2D eigenvalue weighted by molar-refractivity contribution is 9.09. The lowest BCUT2D eigenvalue weighted by Gasteiger charge is -2.18. The molecule has 0 aromatic heterocycles. The number of halogens is 7. The molecule has 2 aromatic rings. The zero-order valence-corrected chi connectivity index (χ0v) is 11.8. The van der Waals surface area contributed by atoms with E-state index in [1.165, 1.54) is 12.1 Å². The van der Waals surface area contributed by atoms with E-state index in [9.17, 15) is 26.3 Å². The average Bonchev–Trinajstić information content (AvgIpc) is 2.41. The minimum Gasteiger partial charge on any atom is -0.207 e. The lowest BCUT2D eigenvalue weighted by molar-refractivity contribution is -0.138. The van der Waals surface area contributed by atoms with Gasteiger partial charge in [0.2, 0.25) is 0 Å². The minimum atomic E-state index is -4.64. The molecule has 2 aromatic carbocycles. The van der Waals surface area contributed by atoms with Crippen LogP contribution in [-0.2, 0) is 6.18 Å². The van der Waals surface area contributed by atoms with Crippen LogP contribution in [-0.4, -0.2) is 0 Å². The van der Waals surface area contributed by atoms with Crippen molar-refractivity contribution >= 4 is 15.9 Å². The highest BCUT2D eigenvalue weighted by atomic mass is 79.9. The van der Waals surface area contributed by atoms with Gasteiger partial charge in [-0.1, -0.05) is 34.1 Å². The van der Waals surface area contributed by atoms with Crippen LogP contribution in [0.15, 0.2) is 36.4 Å². The molecular formula is C14H7BrF6. The van der Waals surface area contributed by atoms with Crippen molar-refractivity contribution in [2.75, 3.05) is 0 Å². The lowest BCUT2D eigenvalue weighted by atomic mass is 9.98. The standard InChI is InChI=1S/C14H7BrF6/c15-13(8-5-11(17)12(18)6-10(8)16)7-3-1-2-4-9(7)14(19,20)21/h1-6,13H. The quantitative estimate of drug-likeness (QED) is 0.367. The van der Waals surface area contributed by atoms with E-state index in [2.05, 4.69) is 15.9 Å². The smallest absolute Gasteiger partial charge is 0.207 e. The molecule has 7 heteroatoms. The first-order chi connectivity index (χ1) is 9.71. The van der Waals surface area contributed by atoms with Gasteiger partial charge in [-0.2, -0.15) is 13.2 Å². The Hall–Kier alpha value is -1.50. The Morgan fingerprint density at radius 1 is 0.810 bits per heavy atom. The zero-order chi connectivity index (χ0) is 15.8. The van der Waals surface area contributed by atoms with E-state index < -0.39 is 39.6 Å². The predicted molar refractivity (Wildman–Crippen MR) is 68.5 cm³/mol. The van der Waals surface area contributed by atoms with Crippen LogP contribution in [0.3, 0.4) is 0 Å². The molecule has 0 saturated carbocycles. The van der Waals surface area contributed by atoms with Gasteiger partial charge in [-0.25, -0.2) is 13.2 Å². The van der Waals surface area contributed by atoms with Crippen LogP contribution in [0.5, 0.6) is 0 Å². The Labute approximate surface area is 124 Å². The fraction of sp³-hybridized carbons (Fsp3) is 0.143. The van der Waals surface area contributed by atoms with Crippen LogP contribution < -0.4 is 0 Å². The molecular weight excluding hydrogens is 362 g/mol. The largest absolute Gasteiger partial charge is 0.416 e. The van der Waals surface area contributed by atoms with Gasteiger partial charge in [0.15, 0.2) is 11.6 Å². The zero-order valence-electron chi connectivity index (χ0n) is 10.2. The molecule has 2 rings (SSSR count). The van der Waals surface area contributed by atoms with E-state index in [4.69, 9.17) is 0 Å². The van der Waals surface area contributed by atoms with Crippen LogP contribution in [0, 0.1) is 17.5 Å². The van der Waals surface area contributed by atoms with Crippen molar-refractivity contribution in [1.29, 1.82) is 0 Å². The molecule has 0 radical (unpaired) electrons. The van der Waals surface area contributed by atoms with Gasteiger partial charge in [-0.05, 0) is 17.7 Å². The van der Waals surface area contributed by atoms with Gasteiger partial charge in [0.1, 0.15) is 5.82 Å². The Kier molecular flexibility index (Phi) is 4.32. The molecule has 21 heavy (non-hydrogen) atoms. The van der Waals surface area contributed by atoms with Gasteiger partial charge in [0, 0.05) is 11.6 Å². The third kappa shape index (κ3) is 3.23. The maximum Gasteiger partial charge on any atom is 0.416 e. The van der Waals surface area contributed by atoms with Gasteiger partial charge >= 0.3 is 6.18 Å². The monoisotopic (exact) mass is 368 g/mol. The molecule has 0 fully saturated rings. The normalized spacial score (nSPS) is 13.3. The van der Waals surface area contributed by atoms with Crippen molar-refractivity contribution in [1.82, 2.24) is 0 Å². The molecule has 0 aliphatic rings. The molecule has 0 aliphatic carbocycles. The van der Waals surface area contributed by atoms with Crippen LogP contribution in [0.2, 0.25) is 0 Å². The van der Waals surface area contributed by atoms with Crippen molar-refractivity contribution in [3.05, 3.63) is 70.5 Å². The summed E-state index contributed by atoms with van der Waals surface area (Å²) in [5, 5.41) is 0. The minimum absolute atomic E-state index is 0.282. The van der Waals surface area contributed by atoms with Crippen LogP contribution in [0.1, 0.15) is 21.5 Å². The number of hydrogen-bond acceptors (Lipinski definition) is 0. The van der Waals surface area contributed by atoms with Crippen molar-refractivity contribution in [3.8, 4) is 0 Å². The molecule has 0 N–H and O–H groups in total. The highest BCUT2D eigenvalue weighted by Crippen LogP contribution is 2.41. The summed E-state index contributed by atoms with van der Waals surface area (Å²) in [4.78, 5) is -1.26. The number of benzene rings is 2. The summed E-state index contributed by atoms with van der Waals surface area (Å²) in [6.45, 7) is 0. The first-order valence-electron chi connectivity index (χ1n) is 5.66. The third-order valence-electron chi connectivity index (χ3n) is 2.85. The van der Waals surface area contributed by atoms with Gasteiger partial charge in [-0.15, -0.1) is 0 Å². The van der Waals surface area contributed by atoms with Crippen LogP contribution >= 0.6 is 15.9 Å². The SMILES string of the molecule is Fc1cc(F)c(C(Br)c2ccccc2C(F)(F)F)cc1F. The molecule has 112 valence electrons. The number of alkyl halides is 4. The van der Waals surface area contributed by atoms with E-state index in [0.717, 1.165) is 12.1 Å². The van der Waals surface area contributed by atoms with Crippen molar-refractivity contribution in [2.45, 2.75) is 11.0 Å². The van der Waals surface area contributed by atoms with E-state index in [-0.39, 0.29) is 5.56 Å². The molecule has 1 atom stereocenters. The molecule has 0 spiro atoms. The highest BCUT2D eigenvalue weighted by Gasteiger charge is 2.35. The Bertz CT molecular complexity index is 665. The summed E-state index contributed by atoms with van der Waals surface area (Å²) in [6, 6.07) is 5.35. The van der Waals surface area contributed by atoms with Crippen molar-refractivity contribution in [2.24, 2.45) is 0 Å².